The van der Waals surface area contributed by atoms with E-state index >= 15 is 0 Å². The van der Waals surface area contributed by atoms with Gasteiger partial charge in [0.15, 0.2) is 11.6 Å². The molecule has 0 unspecified atom stereocenters. The zero-order valence-corrected chi connectivity index (χ0v) is 16.6. The summed E-state index contributed by atoms with van der Waals surface area (Å²) in [4.78, 5) is 0. The molecule has 0 radical (unpaired) electrons. The van der Waals surface area contributed by atoms with Gasteiger partial charge in [-0.3, -0.25) is 0 Å². The van der Waals surface area contributed by atoms with Crippen molar-refractivity contribution in [2.24, 2.45) is 5.92 Å². The summed E-state index contributed by atoms with van der Waals surface area (Å²) >= 11 is 5.15. The lowest BCUT2D eigenvalue weighted by Crippen LogP contribution is -2.13. The van der Waals surface area contributed by atoms with Gasteiger partial charge in [-0.1, -0.05) is 56.9 Å². The summed E-state index contributed by atoms with van der Waals surface area (Å²) in [5, 5.41) is 0. The molecule has 1 aliphatic rings. The van der Waals surface area contributed by atoms with Crippen LogP contribution in [0.25, 0.3) is 11.1 Å². The maximum absolute atomic E-state index is 14.2. The number of halogens is 3. The first-order valence-corrected chi connectivity index (χ1v) is 10.3. The summed E-state index contributed by atoms with van der Waals surface area (Å²) in [6.07, 6.45) is 10.4. The molecule has 0 N–H and O–H groups in total. The summed E-state index contributed by atoms with van der Waals surface area (Å²) < 4.78 is 32.4. The minimum Gasteiger partial charge on any atom is -0.382 e. The van der Waals surface area contributed by atoms with Crippen LogP contribution in [0.5, 0.6) is 5.75 Å². The highest BCUT2D eigenvalue weighted by Gasteiger charge is 2.22. The molecule has 0 saturated heterocycles. The fourth-order valence-electron chi connectivity index (χ4n) is 4.22. The monoisotopic (exact) mass is 392 g/mol. The molecule has 0 heterocycles. The maximum Gasteiger partial charge on any atom is 0.203 e. The molecule has 27 heavy (non-hydrogen) atoms. The Bertz CT molecular complexity index is 737. The molecule has 2 aromatic rings. The molecule has 1 fully saturated rings. The Kier molecular flexibility index (Phi) is 7.12. The molecule has 0 amide bonds. The van der Waals surface area contributed by atoms with Gasteiger partial charge in [0, 0.05) is 5.56 Å². The van der Waals surface area contributed by atoms with Crippen molar-refractivity contribution in [3.8, 4) is 16.9 Å². The van der Waals surface area contributed by atoms with Gasteiger partial charge in [-0.25, -0.2) is 4.39 Å². The van der Waals surface area contributed by atoms with Gasteiger partial charge >= 0.3 is 0 Å². The molecule has 146 valence electrons. The first-order chi connectivity index (χ1) is 13.1. The van der Waals surface area contributed by atoms with Gasteiger partial charge in [0.1, 0.15) is 11.9 Å². The van der Waals surface area contributed by atoms with Crippen molar-refractivity contribution in [1.29, 1.82) is 0 Å². The van der Waals surface area contributed by atoms with Crippen LogP contribution in [0.4, 0.5) is 8.78 Å². The summed E-state index contributed by atoms with van der Waals surface area (Å²) in [5.74, 6) is -0.839. The highest BCUT2D eigenvalue weighted by atomic mass is 35.5. The van der Waals surface area contributed by atoms with E-state index in [9.17, 15) is 8.78 Å². The van der Waals surface area contributed by atoms with E-state index in [1.54, 1.807) is 0 Å². The molecule has 0 spiro atoms. The van der Waals surface area contributed by atoms with Crippen molar-refractivity contribution >= 4 is 11.9 Å². The smallest absolute Gasteiger partial charge is 0.203 e. The van der Waals surface area contributed by atoms with Crippen LogP contribution >= 0.6 is 11.9 Å². The van der Waals surface area contributed by atoms with E-state index in [-0.39, 0.29) is 11.3 Å². The third-order valence-electron chi connectivity index (χ3n) is 5.89. The Balaban J connectivity index is 1.64. The molecular formula is C23H27ClF2O. The zero-order chi connectivity index (χ0) is 19.2. The Hall–Kier alpha value is -1.61. The topological polar surface area (TPSA) is 9.23 Å². The molecule has 4 heteroatoms. The average molecular weight is 393 g/mol. The first kappa shape index (κ1) is 20.1. The predicted octanol–water partition coefficient (Wildman–Crippen LogP) is 8.02. The SMILES string of the molecule is CCCCCC1CCC(c2ccc(-c3ccc(OCl)c(F)c3F)cc2)CC1. The molecule has 1 aliphatic carbocycles. The molecule has 3 rings (SSSR count). The van der Waals surface area contributed by atoms with E-state index in [1.165, 1.54) is 69.1 Å². The molecule has 1 saturated carbocycles. The van der Waals surface area contributed by atoms with Crippen molar-refractivity contribution in [3.05, 3.63) is 53.6 Å². The van der Waals surface area contributed by atoms with Crippen molar-refractivity contribution < 1.29 is 13.1 Å². The maximum atomic E-state index is 14.2. The van der Waals surface area contributed by atoms with Gasteiger partial charge in [0.25, 0.3) is 0 Å². The van der Waals surface area contributed by atoms with Gasteiger partial charge in [-0.15, -0.1) is 0 Å². The van der Waals surface area contributed by atoms with Crippen molar-refractivity contribution in [1.82, 2.24) is 0 Å². The van der Waals surface area contributed by atoms with Crippen LogP contribution in [0, 0.1) is 17.6 Å². The van der Waals surface area contributed by atoms with E-state index in [0.717, 1.165) is 5.92 Å². The average Bonchev–Trinajstić information content (AvgIpc) is 2.71. The van der Waals surface area contributed by atoms with Crippen LogP contribution in [0.1, 0.15) is 69.8 Å². The molecular weight excluding hydrogens is 366 g/mol. The summed E-state index contributed by atoms with van der Waals surface area (Å²) in [6, 6.07) is 10.7. The minimum atomic E-state index is -1.06. The third kappa shape index (κ3) is 4.82. The number of benzene rings is 2. The van der Waals surface area contributed by atoms with Crippen LogP contribution in [0.15, 0.2) is 36.4 Å². The van der Waals surface area contributed by atoms with Gasteiger partial charge < -0.3 is 4.29 Å². The Morgan fingerprint density at radius 2 is 1.63 bits per heavy atom. The molecule has 0 aliphatic heterocycles. The van der Waals surface area contributed by atoms with E-state index in [1.807, 2.05) is 12.1 Å². The second kappa shape index (κ2) is 9.54. The Morgan fingerprint density at radius 1 is 0.926 bits per heavy atom. The van der Waals surface area contributed by atoms with Crippen LogP contribution in [0.3, 0.4) is 0 Å². The second-order valence-corrected chi connectivity index (χ2v) is 7.81. The lowest BCUT2D eigenvalue weighted by Gasteiger charge is -2.29. The number of hydrogen-bond acceptors (Lipinski definition) is 1. The number of hydrogen-bond donors (Lipinski definition) is 0. The fourth-order valence-corrected chi connectivity index (χ4v) is 4.34. The quantitative estimate of drug-likeness (QED) is 0.433. The zero-order valence-electron chi connectivity index (χ0n) is 15.8. The highest BCUT2D eigenvalue weighted by Crippen LogP contribution is 2.38. The van der Waals surface area contributed by atoms with Gasteiger partial charge in [-0.05, 0) is 60.8 Å². The summed E-state index contributed by atoms with van der Waals surface area (Å²) in [5.41, 5.74) is 2.17. The Morgan fingerprint density at radius 3 is 2.26 bits per heavy atom. The lowest BCUT2D eigenvalue weighted by atomic mass is 9.77. The lowest BCUT2D eigenvalue weighted by molar-refractivity contribution is 0.303. The first-order valence-electron chi connectivity index (χ1n) is 10.0. The molecule has 0 aromatic heterocycles. The minimum absolute atomic E-state index is 0.219. The van der Waals surface area contributed by atoms with Gasteiger partial charge in [0.2, 0.25) is 5.82 Å². The molecule has 1 nitrogen and oxygen atoms in total. The number of unbranched alkanes of at least 4 members (excludes halogenated alkanes) is 2. The molecule has 0 atom stereocenters. The second-order valence-electron chi connectivity index (χ2n) is 7.65. The van der Waals surface area contributed by atoms with Crippen LogP contribution in [0.2, 0.25) is 0 Å². The van der Waals surface area contributed by atoms with Crippen molar-refractivity contribution in [2.45, 2.75) is 64.2 Å². The third-order valence-corrected chi connectivity index (χ3v) is 6.05. The van der Waals surface area contributed by atoms with E-state index in [0.29, 0.717) is 11.5 Å². The fraction of sp³-hybridized carbons (Fsp3) is 0.478. The standard InChI is InChI=1S/C23H27ClF2O/c1-2-3-4-5-16-6-8-17(9-7-16)18-10-12-19(13-11-18)20-14-15-21(27-24)23(26)22(20)25/h10-17H,2-9H2,1H3. The normalized spacial score (nSPS) is 19.9. The number of rotatable bonds is 7. The van der Waals surface area contributed by atoms with E-state index in [4.69, 9.17) is 11.9 Å². The predicted molar refractivity (Wildman–Crippen MR) is 107 cm³/mol. The molecule has 2 aromatic carbocycles. The van der Waals surface area contributed by atoms with E-state index in [2.05, 4.69) is 23.3 Å². The van der Waals surface area contributed by atoms with Crippen molar-refractivity contribution in [3.63, 3.8) is 0 Å². The highest BCUT2D eigenvalue weighted by molar-refractivity contribution is 6.09. The largest absolute Gasteiger partial charge is 0.382 e. The summed E-state index contributed by atoms with van der Waals surface area (Å²) in [7, 11) is 0. The van der Waals surface area contributed by atoms with Gasteiger partial charge in [0.05, 0.1) is 0 Å². The van der Waals surface area contributed by atoms with E-state index < -0.39 is 11.6 Å². The van der Waals surface area contributed by atoms with Gasteiger partial charge in [-0.2, -0.15) is 4.39 Å². The molecule has 0 bridgehead atoms. The van der Waals surface area contributed by atoms with Crippen LogP contribution in [-0.2, 0) is 0 Å². The van der Waals surface area contributed by atoms with Crippen LogP contribution < -0.4 is 4.29 Å². The Labute approximate surface area is 165 Å². The van der Waals surface area contributed by atoms with Crippen LogP contribution in [-0.4, -0.2) is 0 Å². The summed E-state index contributed by atoms with van der Waals surface area (Å²) in [6.45, 7) is 2.25. The van der Waals surface area contributed by atoms with Crippen molar-refractivity contribution in [2.75, 3.05) is 0 Å².